The molecule has 2 amide bonds. The van der Waals surface area contributed by atoms with Gasteiger partial charge in [0.1, 0.15) is 11.6 Å². The summed E-state index contributed by atoms with van der Waals surface area (Å²) in [5, 5.41) is 3.00. The van der Waals surface area contributed by atoms with Crippen molar-refractivity contribution in [3.63, 3.8) is 0 Å². The molecular weight excluding hydrogens is 268 g/mol. The highest BCUT2D eigenvalue weighted by atomic mass is 16.5. The maximum atomic E-state index is 12.9. The number of hydrogen-bond acceptors (Lipinski definition) is 3. The van der Waals surface area contributed by atoms with Gasteiger partial charge in [0.25, 0.3) is 0 Å². The Balaban J connectivity index is 1.99. The number of carbonyl (C=O) groups is 2. The van der Waals surface area contributed by atoms with E-state index in [1.54, 1.807) is 7.11 Å². The SMILES string of the molecule is CCC1C(=O)NC(C)(C2CC2)C(=O)N1CCCCCOC. The fraction of sp³-hybridized carbons (Fsp3) is 0.875. The number of piperazine rings is 1. The van der Waals surface area contributed by atoms with Crippen molar-refractivity contribution in [1.82, 2.24) is 10.2 Å². The van der Waals surface area contributed by atoms with Crippen molar-refractivity contribution in [2.24, 2.45) is 5.92 Å². The summed E-state index contributed by atoms with van der Waals surface area (Å²) in [7, 11) is 1.70. The summed E-state index contributed by atoms with van der Waals surface area (Å²) in [5.74, 6) is 0.453. The molecule has 0 bridgehead atoms. The van der Waals surface area contributed by atoms with Crippen LogP contribution in [0.3, 0.4) is 0 Å². The molecule has 120 valence electrons. The second-order valence-electron chi connectivity index (χ2n) is 6.44. The van der Waals surface area contributed by atoms with Crippen LogP contribution in [-0.2, 0) is 14.3 Å². The van der Waals surface area contributed by atoms with E-state index in [-0.39, 0.29) is 17.9 Å². The topological polar surface area (TPSA) is 58.6 Å². The van der Waals surface area contributed by atoms with Crippen molar-refractivity contribution >= 4 is 11.8 Å². The third-order valence-corrected chi connectivity index (χ3v) is 4.79. The van der Waals surface area contributed by atoms with E-state index in [1.807, 2.05) is 18.7 Å². The zero-order valence-corrected chi connectivity index (χ0v) is 13.5. The fourth-order valence-electron chi connectivity index (χ4n) is 3.28. The minimum atomic E-state index is -0.671. The molecule has 2 atom stereocenters. The van der Waals surface area contributed by atoms with Crippen LogP contribution in [0.15, 0.2) is 0 Å². The van der Waals surface area contributed by atoms with Gasteiger partial charge >= 0.3 is 0 Å². The number of nitrogens with zero attached hydrogens (tertiary/aromatic N) is 1. The summed E-state index contributed by atoms with van der Waals surface area (Å²) in [6, 6.07) is -0.299. The van der Waals surface area contributed by atoms with Crippen molar-refractivity contribution in [1.29, 1.82) is 0 Å². The molecule has 5 heteroatoms. The highest BCUT2D eigenvalue weighted by Gasteiger charge is 2.54. The van der Waals surface area contributed by atoms with E-state index in [0.29, 0.717) is 18.9 Å². The first kappa shape index (κ1) is 16.3. The molecule has 1 saturated heterocycles. The molecule has 2 rings (SSSR count). The Kier molecular flexibility index (Phi) is 5.25. The minimum Gasteiger partial charge on any atom is -0.385 e. The van der Waals surface area contributed by atoms with Crippen LogP contribution in [0.5, 0.6) is 0 Å². The first-order valence-electron chi connectivity index (χ1n) is 8.16. The number of hydrogen-bond donors (Lipinski definition) is 1. The Labute approximate surface area is 127 Å². The minimum absolute atomic E-state index is 0.0170. The second-order valence-corrected chi connectivity index (χ2v) is 6.44. The lowest BCUT2D eigenvalue weighted by molar-refractivity contribution is -0.155. The zero-order chi connectivity index (χ0) is 15.5. The largest absolute Gasteiger partial charge is 0.385 e. The van der Waals surface area contributed by atoms with Crippen molar-refractivity contribution in [3.05, 3.63) is 0 Å². The van der Waals surface area contributed by atoms with E-state index < -0.39 is 5.54 Å². The first-order chi connectivity index (χ1) is 10.0. The number of methoxy groups -OCH3 is 1. The molecule has 0 aromatic carbocycles. The van der Waals surface area contributed by atoms with Crippen LogP contribution in [0.4, 0.5) is 0 Å². The maximum Gasteiger partial charge on any atom is 0.249 e. The van der Waals surface area contributed by atoms with Gasteiger partial charge in [0.15, 0.2) is 0 Å². The predicted molar refractivity (Wildman–Crippen MR) is 80.8 cm³/mol. The molecule has 21 heavy (non-hydrogen) atoms. The number of rotatable bonds is 8. The highest BCUT2D eigenvalue weighted by Crippen LogP contribution is 2.42. The number of ether oxygens (including phenoxy) is 1. The van der Waals surface area contributed by atoms with Gasteiger partial charge in [-0.25, -0.2) is 0 Å². The fourth-order valence-corrected chi connectivity index (χ4v) is 3.28. The molecule has 0 aromatic heterocycles. The quantitative estimate of drug-likeness (QED) is 0.694. The third kappa shape index (κ3) is 3.39. The Morgan fingerprint density at radius 2 is 2.00 bits per heavy atom. The lowest BCUT2D eigenvalue weighted by atomic mass is 9.88. The van der Waals surface area contributed by atoms with Crippen LogP contribution in [0, 0.1) is 5.92 Å². The van der Waals surface area contributed by atoms with Crippen LogP contribution in [-0.4, -0.2) is 48.6 Å². The molecule has 2 fully saturated rings. The van der Waals surface area contributed by atoms with E-state index in [4.69, 9.17) is 4.74 Å². The van der Waals surface area contributed by atoms with Crippen LogP contribution in [0.1, 0.15) is 52.4 Å². The number of amides is 2. The zero-order valence-electron chi connectivity index (χ0n) is 13.5. The molecule has 2 aliphatic rings. The summed E-state index contributed by atoms with van der Waals surface area (Å²) in [4.78, 5) is 27.0. The van der Waals surface area contributed by atoms with Gasteiger partial charge in [-0.05, 0) is 51.4 Å². The van der Waals surface area contributed by atoms with Gasteiger partial charge in [-0.15, -0.1) is 0 Å². The Morgan fingerprint density at radius 1 is 1.29 bits per heavy atom. The van der Waals surface area contributed by atoms with Gasteiger partial charge in [-0.1, -0.05) is 6.92 Å². The molecular formula is C16H28N2O3. The molecule has 0 spiro atoms. The van der Waals surface area contributed by atoms with Gasteiger partial charge in [-0.2, -0.15) is 0 Å². The summed E-state index contributed by atoms with van der Waals surface area (Å²) in [5.41, 5.74) is -0.671. The van der Waals surface area contributed by atoms with Gasteiger partial charge in [0.05, 0.1) is 0 Å². The predicted octanol–water partition coefficient (Wildman–Crippen LogP) is 1.71. The Morgan fingerprint density at radius 3 is 2.57 bits per heavy atom. The number of carbonyl (C=O) groups excluding carboxylic acids is 2. The van der Waals surface area contributed by atoms with E-state index in [2.05, 4.69) is 5.32 Å². The summed E-state index contributed by atoms with van der Waals surface area (Å²) in [6.07, 6.45) is 5.72. The Hall–Kier alpha value is -1.10. The highest BCUT2D eigenvalue weighted by molar-refractivity contribution is 6.00. The molecule has 1 aliphatic heterocycles. The summed E-state index contributed by atoms with van der Waals surface area (Å²) in [6.45, 7) is 5.30. The van der Waals surface area contributed by atoms with Crippen LogP contribution >= 0.6 is 0 Å². The molecule has 0 radical (unpaired) electrons. The number of nitrogens with one attached hydrogen (secondary N) is 1. The second kappa shape index (κ2) is 6.77. The van der Waals surface area contributed by atoms with Gasteiger partial charge in [-0.3, -0.25) is 9.59 Å². The average Bonchev–Trinajstić information content (AvgIpc) is 3.28. The monoisotopic (exact) mass is 296 g/mol. The molecule has 1 aliphatic carbocycles. The molecule has 1 saturated carbocycles. The van der Waals surface area contributed by atoms with Crippen LogP contribution in [0.2, 0.25) is 0 Å². The van der Waals surface area contributed by atoms with Gasteiger partial charge in [0, 0.05) is 20.3 Å². The van der Waals surface area contributed by atoms with E-state index in [0.717, 1.165) is 38.7 Å². The lowest BCUT2D eigenvalue weighted by Crippen LogP contribution is -2.70. The van der Waals surface area contributed by atoms with Crippen molar-refractivity contribution in [2.75, 3.05) is 20.3 Å². The van der Waals surface area contributed by atoms with Crippen molar-refractivity contribution in [2.45, 2.75) is 64.0 Å². The third-order valence-electron chi connectivity index (χ3n) is 4.79. The normalized spacial score (nSPS) is 29.7. The van der Waals surface area contributed by atoms with Crippen molar-refractivity contribution in [3.8, 4) is 0 Å². The average molecular weight is 296 g/mol. The molecule has 1 heterocycles. The first-order valence-corrected chi connectivity index (χ1v) is 8.16. The van der Waals surface area contributed by atoms with Crippen molar-refractivity contribution < 1.29 is 14.3 Å². The van der Waals surface area contributed by atoms with E-state index in [9.17, 15) is 9.59 Å². The smallest absolute Gasteiger partial charge is 0.249 e. The molecule has 2 unspecified atom stereocenters. The van der Waals surface area contributed by atoms with Gasteiger partial charge < -0.3 is 15.0 Å². The van der Waals surface area contributed by atoms with E-state index >= 15 is 0 Å². The summed E-state index contributed by atoms with van der Waals surface area (Å²) < 4.78 is 5.04. The molecule has 0 aromatic rings. The van der Waals surface area contributed by atoms with E-state index in [1.165, 1.54) is 0 Å². The standard InChI is InChI=1S/C16H28N2O3/c1-4-13-14(19)17-16(2,12-8-9-12)15(20)18(13)10-6-5-7-11-21-3/h12-13H,4-11H2,1-3H3,(H,17,19). The van der Waals surface area contributed by atoms with Gasteiger partial charge in [0.2, 0.25) is 11.8 Å². The lowest BCUT2D eigenvalue weighted by Gasteiger charge is -2.44. The molecule has 1 N–H and O–H groups in total. The van der Waals surface area contributed by atoms with Crippen LogP contribution < -0.4 is 5.32 Å². The number of unbranched alkanes of at least 4 members (excludes halogenated alkanes) is 2. The molecule has 5 nitrogen and oxygen atoms in total. The summed E-state index contributed by atoms with van der Waals surface area (Å²) >= 11 is 0. The maximum absolute atomic E-state index is 12.9. The Bertz CT molecular complexity index is 395. The van der Waals surface area contributed by atoms with Crippen LogP contribution in [0.25, 0.3) is 0 Å².